The Kier molecular flexibility index (Phi) is 1.52. The van der Waals surface area contributed by atoms with Crippen molar-refractivity contribution in [2.24, 2.45) is 11.3 Å². The molecule has 0 aromatic heterocycles. The summed E-state index contributed by atoms with van der Waals surface area (Å²) in [6.45, 7) is 4.28. The number of rotatable bonds is 2. The van der Waals surface area contributed by atoms with Crippen LogP contribution < -0.4 is 0 Å². The molecule has 0 N–H and O–H groups in total. The zero-order valence-electron chi connectivity index (χ0n) is 7.89. The fourth-order valence-electron chi connectivity index (χ4n) is 2.72. The molecule has 3 fully saturated rings. The van der Waals surface area contributed by atoms with Gasteiger partial charge < -0.3 is 4.90 Å². The molecule has 1 aliphatic heterocycles. The summed E-state index contributed by atoms with van der Waals surface area (Å²) in [6.07, 6.45) is 9.12. The van der Waals surface area contributed by atoms with Crippen molar-refractivity contribution in [1.29, 1.82) is 0 Å². The number of piperidine rings is 1. The van der Waals surface area contributed by atoms with Crippen LogP contribution in [0.4, 0.5) is 0 Å². The molecule has 1 nitrogen and oxygen atoms in total. The summed E-state index contributed by atoms with van der Waals surface area (Å²) in [5.41, 5.74) is 0.840. The molecule has 1 saturated heterocycles. The largest absolute Gasteiger partial charge is 0.303 e. The standard InChI is InChI=1S/C11H19N/c1-4-11(5-6-11)9-12(7-1)8-10-2-3-10/h10H,1-9H2. The molecule has 0 aromatic rings. The summed E-state index contributed by atoms with van der Waals surface area (Å²) in [5, 5.41) is 0. The summed E-state index contributed by atoms with van der Waals surface area (Å²) in [4.78, 5) is 2.74. The average molecular weight is 165 g/mol. The van der Waals surface area contributed by atoms with Crippen LogP contribution in [-0.2, 0) is 0 Å². The van der Waals surface area contributed by atoms with Gasteiger partial charge in [-0.3, -0.25) is 0 Å². The smallest absolute Gasteiger partial charge is 0.00381 e. The van der Waals surface area contributed by atoms with Gasteiger partial charge in [-0.1, -0.05) is 0 Å². The lowest BCUT2D eigenvalue weighted by molar-refractivity contribution is 0.155. The summed E-state index contributed by atoms with van der Waals surface area (Å²) < 4.78 is 0. The van der Waals surface area contributed by atoms with Crippen molar-refractivity contribution in [2.75, 3.05) is 19.6 Å². The normalized spacial score (nSPS) is 34.0. The third kappa shape index (κ3) is 1.39. The molecule has 0 radical (unpaired) electrons. The van der Waals surface area contributed by atoms with Crippen molar-refractivity contribution in [3.8, 4) is 0 Å². The Morgan fingerprint density at radius 2 is 2.00 bits per heavy atom. The molecule has 1 heteroatoms. The monoisotopic (exact) mass is 165 g/mol. The highest BCUT2D eigenvalue weighted by atomic mass is 15.1. The van der Waals surface area contributed by atoms with E-state index in [1.807, 2.05) is 0 Å². The lowest BCUT2D eigenvalue weighted by atomic mass is 9.95. The van der Waals surface area contributed by atoms with Crippen LogP contribution in [-0.4, -0.2) is 24.5 Å². The van der Waals surface area contributed by atoms with Crippen LogP contribution in [0.15, 0.2) is 0 Å². The van der Waals surface area contributed by atoms with Gasteiger partial charge >= 0.3 is 0 Å². The Balaban J connectivity index is 1.56. The Morgan fingerprint density at radius 3 is 2.67 bits per heavy atom. The van der Waals surface area contributed by atoms with Crippen LogP contribution in [0.25, 0.3) is 0 Å². The van der Waals surface area contributed by atoms with Gasteiger partial charge in [-0.25, -0.2) is 0 Å². The molecule has 2 aliphatic carbocycles. The van der Waals surface area contributed by atoms with E-state index < -0.39 is 0 Å². The molecule has 3 rings (SSSR count). The predicted molar refractivity (Wildman–Crippen MR) is 50.1 cm³/mol. The Labute approximate surface area is 75.1 Å². The van der Waals surface area contributed by atoms with E-state index in [2.05, 4.69) is 4.90 Å². The van der Waals surface area contributed by atoms with Crippen LogP contribution in [0.1, 0.15) is 38.5 Å². The molecule has 1 heterocycles. The van der Waals surface area contributed by atoms with Gasteiger partial charge in [-0.15, -0.1) is 0 Å². The summed E-state index contributed by atoms with van der Waals surface area (Å²) in [7, 11) is 0. The van der Waals surface area contributed by atoms with E-state index in [4.69, 9.17) is 0 Å². The van der Waals surface area contributed by atoms with E-state index in [-0.39, 0.29) is 0 Å². The molecule has 0 aromatic carbocycles. The highest BCUT2D eigenvalue weighted by Gasteiger charge is 2.45. The van der Waals surface area contributed by atoms with Crippen LogP contribution >= 0.6 is 0 Å². The van der Waals surface area contributed by atoms with Crippen LogP contribution in [0.2, 0.25) is 0 Å². The maximum atomic E-state index is 2.74. The van der Waals surface area contributed by atoms with Crippen LogP contribution in [0.5, 0.6) is 0 Å². The maximum Gasteiger partial charge on any atom is 0.00381 e. The number of hydrogen-bond acceptors (Lipinski definition) is 1. The Morgan fingerprint density at radius 1 is 1.17 bits per heavy atom. The predicted octanol–water partition coefficient (Wildman–Crippen LogP) is 2.27. The van der Waals surface area contributed by atoms with Gasteiger partial charge in [0.05, 0.1) is 0 Å². The van der Waals surface area contributed by atoms with Gasteiger partial charge in [0.15, 0.2) is 0 Å². The molecule has 0 atom stereocenters. The average Bonchev–Trinajstić information content (AvgIpc) is 2.92. The number of nitrogens with zero attached hydrogens (tertiary/aromatic N) is 1. The van der Waals surface area contributed by atoms with Crippen molar-refractivity contribution in [3.63, 3.8) is 0 Å². The number of likely N-dealkylation sites (tertiary alicyclic amines) is 1. The second-order valence-corrected chi connectivity index (χ2v) is 5.28. The lowest BCUT2D eigenvalue weighted by Gasteiger charge is -2.32. The summed E-state index contributed by atoms with van der Waals surface area (Å²) in [5.74, 6) is 1.10. The fourth-order valence-corrected chi connectivity index (χ4v) is 2.72. The molecule has 0 bridgehead atoms. The van der Waals surface area contributed by atoms with Gasteiger partial charge in [-0.05, 0) is 56.4 Å². The molecule has 12 heavy (non-hydrogen) atoms. The Bertz CT molecular complexity index is 179. The second kappa shape index (κ2) is 2.47. The van der Waals surface area contributed by atoms with Gasteiger partial charge in [0, 0.05) is 13.1 Å². The van der Waals surface area contributed by atoms with Gasteiger partial charge in [0.1, 0.15) is 0 Å². The summed E-state index contributed by atoms with van der Waals surface area (Å²) in [6, 6.07) is 0. The first-order valence-electron chi connectivity index (χ1n) is 5.59. The van der Waals surface area contributed by atoms with E-state index in [1.54, 1.807) is 0 Å². The zero-order chi connectivity index (χ0) is 8.02. The highest BCUT2D eigenvalue weighted by molar-refractivity contribution is 4.98. The van der Waals surface area contributed by atoms with Gasteiger partial charge in [0.25, 0.3) is 0 Å². The molecular formula is C11H19N. The quantitative estimate of drug-likeness (QED) is 0.606. The van der Waals surface area contributed by atoms with Gasteiger partial charge in [0.2, 0.25) is 0 Å². The molecule has 1 spiro atoms. The number of hydrogen-bond donors (Lipinski definition) is 0. The third-order valence-corrected chi connectivity index (χ3v) is 3.91. The first-order chi connectivity index (χ1) is 5.86. The van der Waals surface area contributed by atoms with E-state index in [0.717, 1.165) is 11.3 Å². The highest BCUT2D eigenvalue weighted by Crippen LogP contribution is 2.52. The fraction of sp³-hybridized carbons (Fsp3) is 1.00. The molecular weight excluding hydrogens is 146 g/mol. The molecule has 0 unspecified atom stereocenters. The van der Waals surface area contributed by atoms with Crippen LogP contribution in [0, 0.1) is 11.3 Å². The van der Waals surface area contributed by atoms with Crippen molar-refractivity contribution in [1.82, 2.24) is 4.90 Å². The SMILES string of the molecule is C1CN(CC2CC2)CC2(C1)CC2. The van der Waals surface area contributed by atoms with E-state index in [9.17, 15) is 0 Å². The Hall–Kier alpha value is -0.0400. The molecule has 0 amide bonds. The second-order valence-electron chi connectivity index (χ2n) is 5.28. The minimum Gasteiger partial charge on any atom is -0.303 e. The van der Waals surface area contributed by atoms with E-state index >= 15 is 0 Å². The van der Waals surface area contributed by atoms with Crippen molar-refractivity contribution < 1.29 is 0 Å². The minimum atomic E-state index is 0.840. The van der Waals surface area contributed by atoms with E-state index in [0.29, 0.717) is 0 Å². The third-order valence-electron chi connectivity index (χ3n) is 3.91. The summed E-state index contributed by atoms with van der Waals surface area (Å²) >= 11 is 0. The topological polar surface area (TPSA) is 3.24 Å². The first-order valence-corrected chi connectivity index (χ1v) is 5.59. The van der Waals surface area contributed by atoms with Gasteiger partial charge in [-0.2, -0.15) is 0 Å². The lowest BCUT2D eigenvalue weighted by Crippen LogP contribution is -2.37. The minimum absolute atomic E-state index is 0.840. The molecule has 2 saturated carbocycles. The molecule has 3 aliphatic rings. The van der Waals surface area contributed by atoms with Crippen molar-refractivity contribution in [3.05, 3.63) is 0 Å². The zero-order valence-corrected chi connectivity index (χ0v) is 7.89. The first kappa shape index (κ1) is 7.37. The van der Waals surface area contributed by atoms with E-state index in [1.165, 1.54) is 58.2 Å². The molecule has 68 valence electrons. The maximum absolute atomic E-state index is 2.74. The van der Waals surface area contributed by atoms with Crippen LogP contribution in [0.3, 0.4) is 0 Å². The van der Waals surface area contributed by atoms with Crippen molar-refractivity contribution in [2.45, 2.75) is 38.5 Å². The van der Waals surface area contributed by atoms with Crippen molar-refractivity contribution >= 4 is 0 Å².